The van der Waals surface area contributed by atoms with Crippen molar-refractivity contribution >= 4 is 11.2 Å². The summed E-state index contributed by atoms with van der Waals surface area (Å²) in [6.45, 7) is 8.25. The molecule has 0 spiro atoms. The van der Waals surface area contributed by atoms with Crippen molar-refractivity contribution in [2.75, 3.05) is 20.4 Å². The number of methoxy groups -OCH3 is 1. The molecule has 144 valence electrons. The smallest absolute Gasteiger partial charge is 0.159 e. The predicted molar refractivity (Wildman–Crippen MR) is 106 cm³/mol. The van der Waals surface area contributed by atoms with Crippen LogP contribution >= 0.6 is 0 Å². The Morgan fingerprint density at radius 3 is 2.56 bits per heavy atom. The Balaban J connectivity index is 2.08. The van der Waals surface area contributed by atoms with Crippen molar-refractivity contribution in [3.05, 3.63) is 41.5 Å². The van der Waals surface area contributed by atoms with Crippen molar-refractivity contribution in [3.63, 3.8) is 0 Å². The molecule has 0 saturated carbocycles. The van der Waals surface area contributed by atoms with Gasteiger partial charge in [0.25, 0.3) is 0 Å². The van der Waals surface area contributed by atoms with Crippen molar-refractivity contribution in [1.29, 1.82) is 0 Å². The lowest BCUT2D eigenvalue weighted by Gasteiger charge is -2.17. The van der Waals surface area contributed by atoms with Crippen LogP contribution in [0.25, 0.3) is 22.4 Å². The van der Waals surface area contributed by atoms with E-state index in [1.165, 1.54) is 0 Å². The first-order valence-electron chi connectivity index (χ1n) is 9.33. The van der Waals surface area contributed by atoms with Crippen molar-refractivity contribution in [2.45, 2.75) is 46.1 Å². The number of fused-ring (bicyclic) bond motifs is 1. The molecule has 27 heavy (non-hydrogen) atoms. The van der Waals surface area contributed by atoms with Gasteiger partial charge in [-0.3, -0.25) is 9.37 Å². The fourth-order valence-electron chi connectivity index (χ4n) is 3.34. The lowest BCUT2D eigenvalue weighted by atomic mass is 10.1. The molecule has 1 atom stereocenters. The van der Waals surface area contributed by atoms with E-state index in [0.717, 1.165) is 39.4 Å². The molecule has 0 fully saturated rings. The summed E-state index contributed by atoms with van der Waals surface area (Å²) in [5.41, 5.74) is 6.30. The second-order valence-electron chi connectivity index (χ2n) is 7.26. The number of hydrogen-bond donors (Lipinski definition) is 0. The lowest BCUT2D eigenvalue weighted by Crippen LogP contribution is -2.15. The van der Waals surface area contributed by atoms with E-state index in [1.807, 2.05) is 42.9 Å². The van der Waals surface area contributed by atoms with Gasteiger partial charge in [0.15, 0.2) is 5.65 Å². The zero-order valence-electron chi connectivity index (χ0n) is 16.7. The third-order valence-corrected chi connectivity index (χ3v) is 4.85. The summed E-state index contributed by atoms with van der Waals surface area (Å²) in [6, 6.07) is 4.00. The second-order valence-corrected chi connectivity index (χ2v) is 7.26. The van der Waals surface area contributed by atoms with Gasteiger partial charge in [-0.15, -0.1) is 0 Å². The minimum absolute atomic E-state index is 0.0947. The van der Waals surface area contributed by atoms with Crippen molar-refractivity contribution in [3.8, 4) is 11.3 Å². The third-order valence-electron chi connectivity index (χ3n) is 4.85. The number of pyridine rings is 1. The molecule has 0 aliphatic carbocycles. The standard InChI is InChI=1S/C21H27FN4O/c1-13(2)18-7-6-16(10-23-18)20-15(4)24-21-19(25-20)14(3)11-26(21)17(8-9-22)12-27-5/h6-7,10-11,13,17H,8-9,12H2,1-5H3. The van der Waals surface area contributed by atoms with Crippen LogP contribution in [0.3, 0.4) is 0 Å². The van der Waals surface area contributed by atoms with Crippen LogP contribution in [0, 0.1) is 13.8 Å². The van der Waals surface area contributed by atoms with Crippen LogP contribution in [0.2, 0.25) is 0 Å². The van der Waals surface area contributed by atoms with Crippen LogP contribution in [-0.4, -0.2) is 39.9 Å². The van der Waals surface area contributed by atoms with E-state index in [4.69, 9.17) is 14.7 Å². The number of aryl methyl sites for hydroxylation is 2. The maximum absolute atomic E-state index is 13.0. The largest absolute Gasteiger partial charge is 0.383 e. The van der Waals surface area contributed by atoms with Gasteiger partial charge in [-0.05, 0) is 43.9 Å². The fraction of sp³-hybridized carbons (Fsp3) is 0.476. The first kappa shape index (κ1) is 19.4. The van der Waals surface area contributed by atoms with Crippen molar-refractivity contribution < 1.29 is 9.13 Å². The van der Waals surface area contributed by atoms with Crippen LogP contribution in [0.1, 0.15) is 49.2 Å². The predicted octanol–water partition coefficient (Wildman–Crippen LogP) is 4.78. The monoisotopic (exact) mass is 370 g/mol. The molecule has 5 nitrogen and oxygen atoms in total. The fourth-order valence-corrected chi connectivity index (χ4v) is 3.34. The van der Waals surface area contributed by atoms with Gasteiger partial charge in [-0.2, -0.15) is 0 Å². The third kappa shape index (κ3) is 3.86. The molecule has 3 aromatic heterocycles. The summed E-state index contributed by atoms with van der Waals surface area (Å²) >= 11 is 0. The lowest BCUT2D eigenvalue weighted by molar-refractivity contribution is 0.148. The summed E-state index contributed by atoms with van der Waals surface area (Å²) < 4.78 is 20.3. The molecular formula is C21H27FN4O. The first-order valence-corrected chi connectivity index (χ1v) is 9.33. The summed E-state index contributed by atoms with van der Waals surface area (Å²) in [5, 5.41) is 0. The number of alkyl halides is 1. The molecule has 0 amide bonds. The van der Waals surface area contributed by atoms with Crippen LogP contribution in [0.15, 0.2) is 24.5 Å². The van der Waals surface area contributed by atoms with Gasteiger partial charge in [0.2, 0.25) is 0 Å². The number of aromatic nitrogens is 4. The average molecular weight is 370 g/mol. The zero-order chi connectivity index (χ0) is 19.6. The van der Waals surface area contributed by atoms with Crippen LogP contribution in [0.4, 0.5) is 4.39 Å². The van der Waals surface area contributed by atoms with Gasteiger partial charge in [-0.1, -0.05) is 13.8 Å². The summed E-state index contributed by atoms with van der Waals surface area (Å²) in [5.74, 6) is 0.387. The molecule has 0 aromatic carbocycles. The van der Waals surface area contributed by atoms with E-state index in [2.05, 4.69) is 18.8 Å². The molecule has 3 rings (SSSR count). The number of ether oxygens (including phenoxy) is 1. The van der Waals surface area contributed by atoms with Crippen molar-refractivity contribution in [1.82, 2.24) is 19.5 Å². The molecule has 6 heteroatoms. The molecule has 0 N–H and O–H groups in total. The topological polar surface area (TPSA) is 52.8 Å². The van der Waals surface area contributed by atoms with Gasteiger partial charge in [0.1, 0.15) is 5.52 Å². The van der Waals surface area contributed by atoms with E-state index in [-0.39, 0.29) is 6.04 Å². The van der Waals surface area contributed by atoms with Crippen LogP contribution < -0.4 is 0 Å². The molecule has 3 aromatic rings. The molecular weight excluding hydrogens is 343 g/mol. The Morgan fingerprint density at radius 1 is 1.19 bits per heavy atom. The Morgan fingerprint density at radius 2 is 1.96 bits per heavy atom. The maximum atomic E-state index is 13.0. The Hall–Kier alpha value is -2.34. The summed E-state index contributed by atoms with van der Waals surface area (Å²) in [6.07, 6.45) is 4.24. The Kier molecular flexibility index (Phi) is 5.85. The quantitative estimate of drug-likeness (QED) is 0.600. The number of hydrogen-bond acceptors (Lipinski definition) is 4. The van der Waals surface area contributed by atoms with E-state index in [0.29, 0.717) is 18.9 Å². The van der Waals surface area contributed by atoms with Gasteiger partial charge in [-0.25, -0.2) is 9.97 Å². The van der Waals surface area contributed by atoms with Crippen molar-refractivity contribution in [2.24, 2.45) is 0 Å². The SMILES string of the molecule is COCC(CCF)n1cc(C)c2nc(-c3ccc(C(C)C)nc3)c(C)nc21. The van der Waals surface area contributed by atoms with Gasteiger partial charge < -0.3 is 9.30 Å². The number of halogens is 1. The number of nitrogens with zero attached hydrogens (tertiary/aromatic N) is 4. The normalized spacial score (nSPS) is 12.9. The van der Waals surface area contributed by atoms with Crippen LogP contribution in [-0.2, 0) is 4.74 Å². The zero-order valence-corrected chi connectivity index (χ0v) is 16.7. The van der Waals surface area contributed by atoms with E-state index < -0.39 is 6.67 Å². The average Bonchev–Trinajstić information content (AvgIpc) is 2.96. The first-order chi connectivity index (χ1) is 13.0. The maximum Gasteiger partial charge on any atom is 0.159 e. The summed E-state index contributed by atoms with van der Waals surface area (Å²) in [4.78, 5) is 14.2. The highest BCUT2D eigenvalue weighted by molar-refractivity contribution is 5.79. The second kappa shape index (κ2) is 8.13. The minimum Gasteiger partial charge on any atom is -0.383 e. The molecule has 0 aliphatic heterocycles. The van der Waals surface area contributed by atoms with E-state index >= 15 is 0 Å². The van der Waals surface area contributed by atoms with E-state index in [9.17, 15) is 4.39 Å². The molecule has 0 saturated heterocycles. The van der Waals surface area contributed by atoms with E-state index in [1.54, 1.807) is 7.11 Å². The Bertz CT molecular complexity index is 912. The number of rotatable bonds is 7. The molecule has 0 bridgehead atoms. The van der Waals surface area contributed by atoms with Gasteiger partial charge in [0.05, 0.1) is 30.7 Å². The molecule has 0 aliphatic rings. The van der Waals surface area contributed by atoms with Crippen LogP contribution in [0.5, 0.6) is 0 Å². The van der Waals surface area contributed by atoms with Gasteiger partial charge in [0, 0.05) is 30.8 Å². The highest BCUT2D eigenvalue weighted by Gasteiger charge is 2.19. The molecule has 3 heterocycles. The Labute approximate surface area is 159 Å². The highest BCUT2D eigenvalue weighted by atomic mass is 19.1. The minimum atomic E-state index is -0.398. The molecule has 0 radical (unpaired) electrons. The summed E-state index contributed by atoms with van der Waals surface area (Å²) in [7, 11) is 1.63. The molecule has 1 unspecified atom stereocenters. The highest BCUT2D eigenvalue weighted by Crippen LogP contribution is 2.28. The van der Waals surface area contributed by atoms with Gasteiger partial charge >= 0.3 is 0 Å².